The molecule has 0 radical (unpaired) electrons. The van der Waals surface area contributed by atoms with Gasteiger partial charge >= 0.3 is 6.03 Å². The third kappa shape index (κ3) is 3.54. The number of aromatic nitrogens is 5. The fourth-order valence-electron chi connectivity index (χ4n) is 1.71. The first-order chi connectivity index (χ1) is 9.16. The van der Waals surface area contributed by atoms with Crippen molar-refractivity contribution in [3.8, 4) is 0 Å². The first-order valence-corrected chi connectivity index (χ1v) is 6.01. The molecule has 0 aliphatic rings. The van der Waals surface area contributed by atoms with Crippen LogP contribution in [0.5, 0.6) is 0 Å². The average Bonchev–Trinajstić information content (AvgIpc) is 3.00. The Morgan fingerprint density at radius 1 is 1.47 bits per heavy atom. The molecular formula is C11H17N7O. The summed E-state index contributed by atoms with van der Waals surface area (Å²) in [4.78, 5) is 15.6. The van der Waals surface area contributed by atoms with Gasteiger partial charge in [-0.25, -0.2) is 9.78 Å². The molecule has 0 fully saturated rings. The highest BCUT2D eigenvalue weighted by Gasteiger charge is 2.13. The van der Waals surface area contributed by atoms with Crippen molar-refractivity contribution in [2.24, 2.45) is 7.05 Å². The Bertz CT molecular complexity index is 519. The monoisotopic (exact) mass is 263 g/mol. The van der Waals surface area contributed by atoms with Gasteiger partial charge in [0.15, 0.2) is 5.82 Å². The molecule has 19 heavy (non-hydrogen) atoms. The van der Waals surface area contributed by atoms with Crippen LogP contribution in [0.2, 0.25) is 0 Å². The summed E-state index contributed by atoms with van der Waals surface area (Å²) in [5.41, 5.74) is 0. The highest BCUT2D eigenvalue weighted by molar-refractivity contribution is 5.74. The number of amides is 2. The van der Waals surface area contributed by atoms with E-state index in [0.717, 1.165) is 0 Å². The van der Waals surface area contributed by atoms with Crippen LogP contribution < -0.4 is 10.6 Å². The molecule has 0 saturated heterocycles. The Balaban J connectivity index is 1.74. The maximum absolute atomic E-state index is 11.7. The minimum absolute atomic E-state index is 0.194. The molecule has 8 heteroatoms. The van der Waals surface area contributed by atoms with E-state index in [4.69, 9.17) is 0 Å². The second kappa shape index (κ2) is 5.98. The van der Waals surface area contributed by atoms with Crippen molar-refractivity contribution in [3.05, 3.63) is 30.9 Å². The highest BCUT2D eigenvalue weighted by Crippen LogP contribution is 2.06. The summed E-state index contributed by atoms with van der Waals surface area (Å²) < 4.78 is 3.67. The van der Waals surface area contributed by atoms with Gasteiger partial charge in [-0.3, -0.25) is 0 Å². The van der Waals surface area contributed by atoms with E-state index < -0.39 is 0 Å². The minimum Gasteiger partial charge on any atom is -0.336 e. The fraction of sp³-hybridized carbons (Fsp3) is 0.455. The van der Waals surface area contributed by atoms with Gasteiger partial charge in [-0.2, -0.15) is 0 Å². The molecule has 102 valence electrons. The van der Waals surface area contributed by atoms with Gasteiger partial charge in [-0.1, -0.05) is 0 Å². The average molecular weight is 263 g/mol. The molecule has 2 aromatic rings. The van der Waals surface area contributed by atoms with Gasteiger partial charge in [0.25, 0.3) is 0 Å². The van der Waals surface area contributed by atoms with E-state index in [1.54, 1.807) is 23.4 Å². The molecule has 0 unspecified atom stereocenters. The molecule has 2 amide bonds. The van der Waals surface area contributed by atoms with Crippen LogP contribution in [0, 0.1) is 0 Å². The predicted molar refractivity (Wildman–Crippen MR) is 68.2 cm³/mol. The summed E-state index contributed by atoms with van der Waals surface area (Å²) >= 11 is 0. The van der Waals surface area contributed by atoms with Crippen LogP contribution in [0.1, 0.15) is 18.8 Å². The lowest BCUT2D eigenvalue weighted by Gasteiger charge is -2.13. The van der Waals surface area contributed by atoms with Crippen molar-refractivity contribution < 1.29 is 4.79 Å². The van der Waals surface area contributed by atoms with Crippen molar-refractivity contribution in [2.75, 3.05) is 6.54 Å². The molecule has 0 spiro atoms. The largest absolute Gasteiger partial charge is 0.336 e. The maximum Gasteiger partial charge on any atom is 0.315 e. The van der Waals surface area contributed by atoms with Crippen LogP contribution in [0.25, 0.3) is 0 Å². The minimum atomic E-state index is -0.226. The molecule has 8 nitrogen and oxygen atoms in total. The number of nitrogens with zero attached hydrogens (tertiary/aromatic N) is 5. The van der Waals surface area contributed by atoms with Gasteiger partial charge in [-0.05, 0) is 6.92 Å². The summed E-state index contributed by atoms with van der Waals surface area (Å²) in [6, 6.07) is -0.420. The van der Waals surface area contributed by atoms with Crippen LogP contribution in [-0.4, -0.2) is 36.9 Å². The van der Waals surface area contributed by atoms with Gasteiger partial charge in [0, 0.05) is 32.5 Å². The van der Waals surface area contributed by atoms with Crippen molar-refractivity contribution in [1.29, 1.82) is 0 Å². The van der Waals surface area contributed by atoms with Crippen molar-refractivity contribution in [3.63, 3.8) is 0 Å². The Morgan fingerprint density at radius 2 is 2.32 bits per heavy atom. The molecule has 2 N–H and O–H groups in total. The van der Waals surface area contributed by atoms with Gasteiger partial charge in [0.05, 0.1) is 12.4 Å². The van der Waals surface area contributed by atoms with Crippen LogP contribution >= 0.6 is 0 Å². The summed E-state index contributed by atoms with van der Waals surface area (Å²) in [6.07, 6.45) is 6.87. The zero-order valence-corrected chi connectivity index (χ0v) is 10.9. The Kier molecular flexibility index (Phi) is 4.11. The van der Waals surface area contributed by atoms with E-state index >= 15 is 0 Å². The van der Waals surface area contributed by atoms with E-state index in [2.05, 4.69) is 25.8 Å². The Labute approximate surface area is 110 Å². The number of nitrogens with one attached hydrogen (secondary N) is 2. The van der Waals surface area contributed by atoms with E-state index in [1.807, 2.05) is 24.7 Å². The number of carbonyl (C=O) groups is 1. The van der Waals surface area contributed by atoms with Crippen molar-refractivity contribution >= 4 is 6.03 Å². The lowest BCUT2D eigenvalue weighted by atomic mass is 10.3. The van der Waals surface area contributed by atoms with Crippen molar-refractivity contribution in [2.45, 2.75) is 19.5 Å². The summed E-state index contributed by atoms with van der Waals surface area (Å²) in [6.45, 7) is 3.08. The quantitative estimate of drug-likeness (QED) is 0.799. The molecule has 0 aliphatic heterocycles. The second-order valence-corrected chi connectivity index (χ2v) is 4.22. The lowest BCUT2D eigenvalue weighted by Crippen LogP contribution is -2.39. The Morgan fingerprint density at radius 3 is 2.95 bits per heavy atom. The van der Waals surface area contributed by atoms with Crippen LogP contribution in [0.4, 0.5) is 4.79 Å². The standard InChI is InChI=1S/C11H17N7O/c1-9(10-16-14-8-17(10)2)15-11(19)13-4-6-18-5-3-12-7-18/h3,5,7-9H,4,6H2,1-2H3,(H2,13,15,19)/t9-/m0/s1. The van der Waals surface area contributed by atoms with E-state index in [0.29, 0.717) is 18.9 Å². The summed E-state index contributed by atoms with van der Waals surface area (Å²) in [7, 11) is 1.84. The molecule has 2 aromatic heterocycles. The van der Waals surface area contributed by atoms with Gasteiger partial charge in [0.2, 0.25) is 0 Å². The second-order valence-electron chi connectivity index (χ2n) is 4.22. The number of carbonyl (C=O) groups excluding carboxylic acids is 1. The SMILES string of the molecule is C[C@H](NC(=O)NCCn1ccnc1)c1nncn1C. The topological polar surface area (TPSA) is 89.7 Å². The van der Waals surface area contributed by atoms with E-state index in [1.165, 1.54) is 0 Å². The first-order valence-electron chi connectivity index (χ1n) is 6.01. The van der Waals surface area contributed by atoms with E-state index in [9.17, 15) is 4.79 Å². The molecular weight excluding hydrogens is 246 g/mol. The van der Waals surface area contributed by atoms with Crippen LogP contribution in [-0.2, 0) is 13.6 Å². The molecule has 0 saturated carbocycles. The van der Waals surface area contributed by atoms with Crippen LogP contribution in [0.3, 0.4) is 0 Å². The zero-order valence-electron chi connectivity index (χ0n) is 10.9. The molecule has 0 aromatic carbocycles. The fourth-order valence-corrected chi connectivity index (χ4v) is 1.71. The Hall–Kier alpha value is -2.38. The number of urea groups is 1. The van der Waals surface area contributed by atoms with Gasteiger partial charge < -0.3 is 19.8 Å². The lowest BCUT2D eigenvalue weighted by molar-refractivity contribution is 0.237. The number of rotatable bonds is 5. The smallest absolute Gasteiger partial charge is 0.315 e. The number of aryl methyl sites for hydroxylation is 1. The zero-order chi connectivity index (χ0) is 13.7. The summed E-state index contributed by atoms with van der Waals surface area (Å²) in [5, 5.41) is 13.3. The van der Waals surface area contributed by atoms with Crippen molar-refractivity contribution in [1.82, 2.24) is 34.9 Å². The van der Waals surface area contributed by atoms with Gasteiger partial charge in [0.1, 0.15) is 6.33 Å². The molecule has 0 bridgehead atoms. The maximum atomic E-state index is 11.7. The number of hydrogen-bond acceptors (Lipinski definition) is 4. The number of hydrogen-bond donors (Lipinski definition) is 2. The highest BCUT2D eigenvalue weighted by atomic mass is 16.2. The summed E-state index contributed by atoms with van der Waals surface area (Å²) in [5.74, 6) is 0.713. The third-order valence-electron chi connectivity index (χ3n) is 2.70. The molecule has 2 rings (SSSR count). The molecule has 1 atom stereocenters. The molecule has 2 heterocycles. The predicted octanol–water partition coefficient (Wildman–Crippen LogP) is 0.0720. The van der Waals surface area contributed by atoms with Gasteiger partial charge in [-0.15, -0.1) is 10.2 Å². The normalized spacial score (nSPS) is 12.1. The number of imidazole rings is 1. The molecule has 0 aliphatic carbocycles. The first kappa shape index (κ1) is 13.1. The van der Waals surface area contributed by atoms with Crippen LogP contribution in [0.15, 0.2) is 25.0 Å². The third-order valence-corrected chi connectivity index (χ3v) is 2.70. The van der Waals surface area contributed by atoms with E-state index in [-0.39, 0.29) is 12.1 Å².